The Morgan fingerprint density at radius 3 is 0.859 bits per heavy atom. The van der Waals surface area contributed by atoms with Crippen molar-refractivity contribution in [2.24, 2.45) is 0 Å². The minimum atomic E-state index is -0.794. The summed E-state index contributed by atoms with van der Waals surface area (Å²) in [6.07, 6.45) is 76.7. The minimum Gasteiger partial charge on any atom is -0.462 e. The van der Waals surface area contributed by atoms with Crippen LogP contribution >= 0.6 is 0 Å². The largest absolute Gasteiger partial charge is 0.462 e. The van der Waals surface area contributed by atoms with Gasteiger partial charge in [0.05, 0.1) is 0 Å². The van der Waals surface area contributed by atoms with E-state index in [1.54, 1.807) is 0 Å². The second-order valence-corrected chi connectivity index (χ2v) is 20.2. The molecule has 0 aromatic rings. The van der Waals surface area contributed by atoms with Crippen molar-refractivity contribution in [2.75, 3.05) is 13.2 Å². The monoisotopic (exact) mass is 991 g/mol. The van der Waals surface area contributed by atoms with Crippen LogP contribution in [0.4, 0.5) is 0 Å². The van der Waals surface area contributed by atoms with Crippen molar-refractivity contribution in [1.29, 1.82) is 0 Å². The SMILES string of the molecule is CC/C=C\C/C=C\C/C=C\C/C=C\C/C=C\C/C=C\CCCCC(=O)OC(COC(=O)CCCCCCCC)COC(=O)CCCCCCCCCCCCCCCCCCCCCCCCCCCC. The fourth-order valence-electron chi connectivity index (χ4n) is 8.68. The van der Waals surface area contributed by atoms with Crippen LogP contribution in [0.2, 0.25) is 0 Å². The summed E-state index contributed by atoms with van der Waals surface area (Å²) in [5.74, 6) is -0.934. The number of allylic oxidation sites excluding steroid dienone is 12. The van der Waals surface area contributed by atoms with E-state index in [0.29, 0.717) is 19.3 Å². The van der Waals surface area contributed by atoms with E-state index in [1.165, 1.54) is 167 Å². The molecule has 410 valence electrons. The molecule has 0 aliphatic carbocycles. The molecule has 0 aromatic carbocycles. The predicted molar refractivity (Wildman–Crippen MR) is 307 cm³/mol. The van der Waals surface area contributed by atoms with E-state index in [-0.39, 0.29) is 37.5 Å². The van der Waals surface area contributed by atoms with Crippen LogP contribution < -0.4 is 0 Å². The summed E-state index contributed by atoms with van der Waals surface area (Å²) in [6, 6.07) is 0. The Hall–Kier alpha value is -3.15. The molecule has 6 nitrogen and oxygen atoms in total. The summed E-state index contributed by atoms with van der Waals surface area (Å²) >= 11 is 0. The molecule has 1 unspecified atom stereocenters. The number of hydrogen-bond acceptors (Lipinski definition) is 6. The van der Waals surface area contributed by atoms with E-state index in [1.807, 2.05) is 0 Å². The number of hydrogen-bond donors (Lipinski definition) is 0. The Balaban J connectivity index is 4.14. The number of esters is 3. The van der Waals surface area contributed by atoms with Gasteiger partial charge in [0, 0.05) is 19.3 Å². The molecule has 6 heteroatoms. The van der Waals surface area contributed by atoms with E-state index in [9.17, 15) is 14.4 Å². The van der Waals surface area contributed by atoms with Gasteiger partial charge in [0.15, 0.2) is 6.10 Å². The third-order valence-corrected chi connectivity index (χ3v) is 13.2. The molecule has 0 rings (SSSR count). The third kappa shape index (κ3) is 57.6. The first-order valence-corrected chi connectivity index (χ1v) is 30.4. The molecular weight excluding hydrogens is 877 g/mol. The Morgan fingerprint density at radius 2 is 0.549 bits per heavy atom. The predicted octanol–water partition coefficient (Wildman–Crippen LogP) is 20.5. The van der Waals surface area contributed by atoms with Gasteiger partial charge >= 0.3 is 17.9 Å². The Kier molecular flexibility index (Phi) is 56.8. The molecule has 0 heterocycles. The zero-order valence-electron chi connectivity index (χ0n) is 47.0. The van der Waals surface area contributed by atoms with Gasteiger partial charge in [-0.2, -0.15) is 0 Å². The molecule has 71 heavy (non-hydrogen) atoms. The summed E-state index contributed by atoms with van der Waals surface area (Å²) in [4.78, 5) is 37.9. The molecule has 0 saturated carbocycles. The Labute approximate surface area is 440 Å². The normalized spacial score (nSPS) is 12.5. The highest BCUT2D eigenvalue weighted by atomic mass is 16.6. The van der Waals surface area contributed by atoms with E-state index in [4.69, 9.17) is 14.2 Å². The fourth-order valence-corrected chi connectivity index (χ4v) is 8.68. The van der Waals surface area contributed by atoms with Gasteiger partial charge in [-0.25, -0.2) is 0 Å². The first-order valence-electron chi connectivity index (χ1n) is 30.4. The van der Waals surface area contributed by atoms with Crippen LogP contribution in [0, 0.1) is 0 Å². The maximum atomic E-state index is 12.8. The lowest BCUT2D eigenvalue weighted by atomic mass is 10.0. The maximum Gasteiger partial charge on any atom is 0.306 e. The summed E-state index contributed by atoms with van der Waals surface area (Å²) in [7, 11) is 0. The first-order chi connectivity index (χ1) is 35.0. The van der Waals surface area contributed by atoms with E-state index < -0.39 is 6.10 Å². The van der Waals surface area contributed by atoms with Crippen molar-refractivity contribution in [3.05, 3.63) is 72.9 Å². The molecule has 0 aliphatic heterocycles. The van der Waals surface area contributed by atoms with Gasteiger partial charge in [-0.05, 0) is 70.6 Å². The highest BCUT2D eigenvalue weighted by Gasteiger charge is 2.19. The van der Waals surface area contributed by atoms with Crippen molar-refractivity contribution < 1.29 is 28.6 Å². The number of ether oxygens (including phenoxy) is 3. The summed E-state index contributed by atoms with van der Waals surface area (Å²) in [6.45, 7) is 6.46. The van der Waals surface area contributed by atoms with Crippen LogP contribution in [0.25, 0.3) is 0 Å². The quantitative estimate of drug-likeness (QED) is 0.0261. The molecule has 0 aliphatic rings. The Morgan fingerprint density at radius 1 is 0.296 bits per heavy atom. The third-order valence-electron chi connectivity index (χ3n) is 13.2. The average molecular weight is 992 g/mol. The van der Waals surface area contributed by atoms with Crippen LogP contribution in [0.15, 0.2) is 72.9 Å². The van der Waals surface area contributed by atoms with Crippen molar-refractivity contribution in [3.8, 4) is 0 Å². The van der Waals surface area contributed by atoms with Gasteiger partial charge in [0.25, 0.3) is 0 Å². The molecule has 0 N–H and O–H groups in total. The molecule has 0 radical (unpaired) electrons. The fraction of sp³-hybridized carbons (Fsp3) is 0.769. The number of rotatable bonds is 55. The number of unbranched alkanes of at least 4 members (excludes halogenated alkanes) is 32. The minimum absolute atomic E-state index is 0.0904. The molecule has 0 aromatic heterocycles. The van der Waals surface area contributed by atoms with Crippen LogP contribution in [0.5, 0.6) is 0 Å². The zero-order valence-corrected chi connectivity index (χ0v) is 47.0. The standard InChI is InChI=1S/C65H114O6/c1-4-7-10-13-16-18-20-22-24-26-28-30-31-32-33-34-36-37-39-41-43-45-47-49-52-55-58-64(67)70-61-62(60-69-63(66)57-54-51-15-12-9-6-3)71-65(68)59-56-53-50-48-46-44-42-40-38-35-29-27-25-23-21-19-17-14-11-8-5-2/h8,11,17,19,23,25,29,35,40,42,46,48,62H,4-7,9-10,12-16,18,20-22,24,26-28,30-34,36-39,41,43-45,47,49-61H2,1-3H3/b11-8-,19-17-,25-23-,35-29-,42-40-,48-46-. The highest BCUT2D eigenvalue weighted by Crippen LogP contribution is 2.17. The van der Waals surface area contributed by atoms with Crippen molar-refractivity contribution in [2.45, 2.75) is 309 Å². The van der Waals surface area contributed by atoms with Crippen molar-refractivity contribution in [1.82, 2.24) is 0 Å². The van der Waals surface area contributed by atoms with Gasteiger partial charge in [-0.3, -0.25) is 14.4 Å². The maximum absolute atomic E-state index is 12.8. The average Bonchev–Trinajstić information content (AvgIpc) is 3.37. The topological polar surface area (TPSA) is 78.9 Å². The molecule has 0 saturated heterocycles. The van der Waals surface area contributed by atoms with Crippen LogP contribution in [-0.2, 0) is 28.6 Å². The lowest BCUT2D eigenvalue weighted by Gasteiger charge is -2.18. The van der Waals surface area contributed by atoms with Gasteiger partial charge in [0.2, 0.25) is 0 Å². The Bertz CT molecular complexity index is 1320. The number of carbonyl (C=O) groups excluding carboxylic acids is 3. The summed E-state index contributed by atoms with van der Waals surface area (Å²) in [5, 5.41) is 0. The van der Waals surface area contributed by atoms with Crippen LogP contribution in [-0.4, -0.2) is 37.2 Å². The van der Waals surface area contributed by atoms with Crippen LogP contribution in [0.3, 0.4) is 0 Å². The second-order valence-electron chi connectivity index (χ2n) is 20.2. The van der Waals surface area contributed by atoms with E-state index in [2.05, 4.69) is 93.7 Å². The van der Waals surface area contributed by atoms with Crippen molar-refractivity contribution in [3.63, 3.8) is 0 Å². The van der Waals surface area contributed by atoms with Gasteiger partial charge in [-0.1, -0.05) is 286 Å². The lowest BCUT2D eigenvalue weighted by molar-refractivity contribution is -0.167. The van der Waals surface area contributed by atoms with Gasteiger partial charge in [-0.15, -0.1) is 0 Å². The van der Waals surface area contributed by atoms with Crippen molar-refractivity contribution >= 4 is 17.9 Å². The van der Waals surface area contributed by atoms with E-state index >= 15 is 0 Å². The lowest BCUT2D eigenvalue weighted by Crippen LogP contribution is -2.30. The van der Waals surface area contributed by atoms with Gasteiger partial charge < -0.3 is 14.2 Å². The first kappa shape index (κ1) is 67.8. The van der Waals surface area contributed by atoms with E-state index in [0.717, 1.165) is 89.9 Å². The molecule has 0 spiro atoms. The van der Waals surface area contributed by atoms with Crippen LogP contribution in [0.1, 0.15) is 303 Å². The number of carbonyl (C=O) groups is 3. The summed E-state index contributed by atoms with van der Waals surface area (Å²) < 4.78 is 16.7. The van der Waals surface area contributed by atoms with Gasteiger partial charge in [0.1, 0.15) is 13.2 Å². The molecule has 0 amide bonds. The second kappa shape index (κ2) is 59.4. The zero-order chi connectivity index (χ0) is 51.4. The molecular formula is C65H114O6. The molecule has 1 atom stereocenters. The highest BCUT2D eigenvalue weighted by molar-refractivity contribution is 5.71. The summed E-state index contributed by atoms with van der Waals surface area (Å²) in [5.41, 5.74) is 0. The molecule has 0 bridgehead atoms. The molecule has 0 fully saturated rings. The smallest absolute Gasteiger partial charge is 0.306 e.